The van der Waals surface area contributed by atoms with E-state index < -0.39 is 5.79 Å². The highest BCUT2D eigenvalue weighted by molar-refractivity contribution is 5.36. The van der Waals surface area contributed by atoms with Crippen LogP contribution in [0, 0.1) is 34.5 Å². The summed E-state index contributed by atoms with van der Waals surface area (Å²) in [6, 6.07) is -0.369. The summed E-state index contributed by atoms with van der Waals surface area (Å²) in [5, 5.41) is 3.32. The van der Waals surface area contributed by atoms with Gasteiger partial charge in [0.05, 0.1) is 31.5 Å². The van der Waals surface area contributed by atoms with Gasteiger partial charge in [0.2, 0.25) is 0 Å². The lowest BCUT2D eigenvalue weighted by atomic mass is 9.81. The van der Waals surface area contributed by atoms with Crippen molar-refractivity contribution in [2.45, 2.75) is 110 Å². The summed E-state index contributed by atoms with van der Waals surface area (Å²) in [7, 11) is 0. The molecule has 0 bridgehead atoms. The van der Waals surface area contributed by atoms with Crippen LogP contribution in [-0.2, 0) is 23.7 Å². The standard InChI is InChI=1S/C35H51NO6/c1-7-25(4)33-27(6)15-16-35(42-33)19-28(20-39-22-37)18-30(41-35)13-11-24(3)17-23(2)9-8-10-29-21-40-34-31(29)14-12-26(5)32(34)36-38/h8-12,15-16,22-23,25,27-28,30-34H,7,13-14,17-21H2,1-6H3/b9-8+,24-11+,29-10+/t23-,25?,27-,28-,30+,31?,32?,33?,34-,35+/m0/s1. The Morgan fingerprint density at radius 3 is 2.83 bits per heavy atom. The van der Waals surface area contributed by atoms with Crippen LogP contribution in [-0.4, -0.2) is 49.8 Å². The highest BCUT2D eigenvalue weighted by Gasteiger charge is 2.46. The second kappa shape index (κ2) is 14.9. The Kier molecular flexibility index (Phi) is 11.5. The smallest absolute Gasteiger partial charge is 0.293 e. The van der Waals surface area contributed by atoms with E-state index in [1.54, 1.807) is 0 Å². The molecular formula is C35H51NO6. The van der Waals surface area contributed by atoms with E-state index in [1.807, 2.05) is 6.92 Å². The van der Waals surface area contributed by atoms with Gasteiger partial charge in [-0.1, -0.05) is 81.3 Å². The number of carbonyl (C=O) groups is 1. The van der Waals surface area contributed by atoms with Crippen LogP contribution in [0.2, 0.25) is 0 Å². The summed E-state index contributed by atoms with van der Waals surface area (Å²) >= 11 is 0. The number of nitrogens with zero attached hydrogens (tertiary/aromatic N) is 1. The molecule has 0 aromatic rings. The lowest BCUT2D eigenvalue weighted by Gasteiger charge is -2.48. The van der Waals surface area contributed by atoms with Crippen molar-refractivity contribution >= 4 is 6.47 Å². The maximum atomic E-state index is 11.3. The molecule has 232 valence electrons. The first-order valence-corrected chi connectivity index (χ1v) is 15.9. The first-order valence-electron chi connectivity index (χ1n) is 15.9. The fourth-order valence-corrected chi connectivity index (χ4v) is 7.11. The van der Waals surface area contributed by atoms with E-state index >= 15 is 0 Å². The van der Waals surface area contributed by atoms with Gasteiger partial charge in [-0.3, -0.25) is 4.79 Å². The molecule has 0 radical (unpaired) electrons. The first-order chi connectivity index (χ1) is 20.2. The van der Waals surface area contributed by atoms with E-state index in [9.17, 15) is 9.70 Å². The molecule has 4 rings (SSSR count). The Morgan fingerprint density at radius 1 is 1.29 bits per heavy atom. The maximum absolute atomic E-state index is 11.3. The number of fused-ring (bicyclic) bond motifs is 1. The minimum atomic E-state index is -0.761. The predicted octanol–water partition coefficient (Wildman–Crippen LogP) is 7.63. The number of hydrogen-bond acceptors (Lipinski definition) is 7. The minimum absolute atomic E-state index is 0.00616. The normalized spacial score (nSPS) is 37.5. The number of ether oxygens (including phenoxy) is 4. The van der Waals surface area contributed by atoms with Gasteiger partial charge in [-0.2, -0.15) is 4.91 Å². The average Bonchev–Trinajstić information content (AvgIpc) is 3.38. The monoisotopic (exact) mass is 581 g/mol. The zero-order chi connectivity index (χ0) is 30.3. The largest absolute Gasteiger partial charge is 0.468 e. The van der Waals surface area contributed by atoms with Gasteiger partial charge in [-0.15, -0.1) is 0 Å². The van der Waals surface area contributed by atoms with Crippen LogP contribution in [0.1, 0.15) is 80.1 Å². The Balaban J connectivity index is 1.34. The third-order valence-corrected chi connectivity index (χ3v) is 9.67. The molecule has 1 aliphatic carbocycles. The Bertz CT molecular complexity index is 1090. The summed E-state index contributed by atoms with van der Waals surface area (Å²) in [6.07, 6.45) is 20.5. The van der Waals surface area contributed by atoms with Crippen LogP contribution in [0.5, 0.6) is 0 Å². The highest BCUT2D eigenvalue weighted by Crippen LogP contribution is 2.43. The quantitative estimate of drug-likeness (QED) is 0.134. The van der Waals surface area contributed by atoms with Crippen molar-refractivity contribution in [1.82, 2.24) is 0 Å². The number of allylic oxidation sites excluding steroid dienone is 5. The molecule has 7 nitrogen and oxygen atoms in total. The number of nitroso groups, excluding NO2 is 1. The lowest BCUT2D eigenvalue weighted by molar-refractivity contribution is -0.295. The van der Waals surface area contributed by atoms with Crippen LogP contribution < -0.4 is 0 Å². The summed E-state index contributed by atoms with van der Waals surface area (Å²) in [4.78, 5) is 22.3. The molecule has 42 heavy (non-hydrogen) atoms. The fourth-order valence-electron chi connectivity index (χ4n) is 7.11. The maximum Gasteiger partial charge on any atom is 0.293 e. The van der Waals surface area contributed by atoms with Crippen molar-refractivity contribution in [3.63, 3.8) is 0 Å². The van der Waals surface area contributed by atoms with Crippen molar-refractivity contribution in [2.75, 3.05) is 13.2 Å². The molecular weight excluding hydrogens is 530 g/mol. The third-order valence-electron chi connectivity index (χ3n) is 9.67. The van der Waals surface area contributed by atoms with Crippen LogP contribution in [0.3, 0.4) is 0 Å². The molecule has 7 heteroatoms. The van der Waals surface area contributed by atoms with Gasteiger partial charge in [0.15, 0.2) is 5.79 Å². The highest BCUT2D eigenvalue weighted by atomic mass is 16.7. The summed E-state index contributed by atoms with van der Waals surface area (Å²) in [5.41, 5.74) is 3.59. The van der Waals surface area contributed by atoms with Gasteiger partial charge >= 0.3 is 0 Å². The van der Waals surface area contributed by atoms with E-state index in [0.717, 1.165) is 37.7 Å². The van der Waals surface area contributed by atoms with Gasteiger partial charge in [0.1, 0.15) is 6.04 Å². The summed E-state index contributed by atoms with van der Waals surface area (Å²) < 4.78 is 24.5. The molecule has 1 spiro atoms. The zero-order valence-electron chi connectivity index (χ0n) is 26.4. The van der Waals surface area contributed by atoms with E-state index in [4.69, 9.17) is 18.9 Å². The molecule has 10 atom stereocenters. The van der Waals surface area contributed by atoms with Crippen molar-refractivity contribution in [1.29, 1.82) is 0 Å². The molecule has 4 aliphatic rings. The molecule has 0 aromatic carbocycles. The van der Waals surface area contributed by atoms with Crippen LogP contribution in [0.15, 0.2) is 64.4 Å². The second-order valence-corrected chi connectivity index (χ2v) is 13.2. The molecule has 4 unspecified atom stereocenters. The van der Waals surface area contributed by atoms with Crippen LogP contribution >= 0.6 is 0 Å². The van der Waals surface area contributed by atoms with Gasteiger partial charge in [-0.25, -0.2) is 0 Å². The molecule has 2 fully saturated rings. The molecule has 3 heterocycles. The number of carbonyl (C=O) groups excluding carboxylic acids is 1. The SMILES string of the molecule is CCC(C)C1O[C@]2(C=C[C@@H]1C)C[C@@H](COC=O)C[C@@H](C/C=C(\C)C[C@@H](C)/C=C/C=C1\CO[C@@H]3C(N=O)C(C)=CCC13)O2. The summed E-state index contributed by atoms with van der Waals surface area (Å²) in [6.45, 7) is 14.5. The Labute approximate surface area is 252 Å². The van der Waals surface area contributed by atoms with Crippen molar-refractivity contribution in [3.8, 4) is 0 Å². The van der Waals surface area contributed by atoms with Crippen LogP contribution in [0.25, 0.3) is 0 Å². The Morgan fingerprint density at radius 2 is 2.10 bits per heavy atom. The predicted molar refractivity (Wildman–Crippen MR) is 166 cm³/mol. The van der Waals surface area contributed by atoms with Gasteiger partial charge in [0.25, 0.3) is 6.47 Å². The first kappa shape index (κ1) is 32.6. The topological polar surface area (TPSA) is 83.4 Å². The van der Waals surface area contributed by atoms with Gasteiger partial charge in [0, 0.05) is 24.2 Å². The van der Waals surface area contributed by atoms with Crippen molar-refractivity contribution in [2.24, 2.45) is 34.8 Å². The van der Waals surface area contributed by atoms with E-state index in [2.05, 4.69) is 82.3 Å². The molecule has 0 saturated carbocycles. The molecule has 0 N–H and O–H groups in total. The average molecular weight is 582 g/mol. The van der Waals surface area contributed by atoms with E-state index in [-0.39, 0.29) is 36.2 Å². The fraction of sp³-hybridized carbons (Fsp3) is 0.686. The molecule has 3 aliphatic heterocycles. The van der Waals surface area contributed by atoms with Crippen LogP contribution in [0.4, 0.5) is 0 Å². The third kappa shape index (κ3) is 7.97. The zero-order valence-corrected chi connectivity index (χ0v) is 26.4. The van der Waals surface area contributed by atoms with Gasteiger partial charge < -0.3 is 18.9 Å². The number of hydrogen-bond donors (Lipinski definition) is 0. The van der Waals surface area contributed by atoms with Crippen molar-refractivity contribution in [3.05, 3.63) is 64.2 Å². The number of rotatable bonds is 12. The minimum Gasteiger partial charge on any atom is -0.468 e. The summed E-state index contributed by atoms with van der Waals surface area (Å²) in [5.74, 6) is 0.813. The van der Waals surface area contributed by atoms with E-state index in [0.29, 0.717) is 43.9 Å². The lowest BCUT2D eigenvalue weighted by Crippen LogP contribution is -2.51. The van der Waals surface area contributed by atoms with Gasteiger partial charge in [-0.05, 0) is 68.6 Å². The Hall–Kier alpha value is -2.35. The molecule has 0 aromatic heterocycles. The molecule has 0 amide bonds. The van der Waals surface area contributed by atoms with E-state index in [1.165, 1.54) is 11.1 Å². The molecule has 2 saturated heterocycles. The second-order valence-electron chi connectivity index (χ2n) is 13.2. The van der Waals surface area contributed by atoms with Crippen molar-refractivity contribution < 1.29 is 23.7 Å².